The fourth-order valence-corrected chi connectivity index (χ4v) is 3.04. The summed E-state index contributed by atoms with van der Waals surface area (Å²) in [7, 11) is 0. The molecule has 0 aliphatic rings. The highest BCUT2D eigenvalue weighted by atomic mass is 32.1. The fourth-order valence-electron chi connectivity index (χ4n) is 2.90. The van der Waals surface area contributed by atoms with Crippen LogP contribution in [0, 0.1) is 0 Å². The van der Waals surface area contributed by atoms with Crippen molar-refractivity contribution < 1.29 is 23.8 Å². The summed E-state index contributed by atoms with van der Waals surface area (Å²) in [6.07, 6.45) is 0. The van der Waals surface area contributed by atoms with E-state index in [1.54, 1.807) is 48.5 Å². The van der Waals surface area contributed by atoms with Crippen molar-refractivity contribution in [3.63, 3.8) is 0 Å². The van der Waals surface area contributed by atoms with Gasteiger partial charge in [0.25, 0.3) is 11.8 Å². The number of hydrogen-bond donors (Lipinski definition) is 3. The number of rotatable bonds is 10. The van der Waals surface area contributed by atoms with E-state index >= 15 is 0 Å². The molecule has 3 aromatic rings. The molecule has 0 fully saturated rings. The summed E-state index contributed by atoms with van der Waals surface area (Å²) in [5.74, 6) is 0.444. The molecule has 3 aromatic carbocycles. The average molecular weight is 494 g/mol. The van der Waals surface area contributed by atoms with Gasteiger partial charge in [0.2, 0.25) is 0 Å². The molecule has 2 amide bonds. The fraction of sp³-hybridized carbons (Fsp3) is 0.192. The number of nitrogens with one attached hydrogen (secondary N) is 3. The summed E-state index contributed by atoms with van der Waals surface area (Å²) in [4.78, 5) is 24.7. The molecule has 8 nitrogen and oxygen atoms in total. The Kier molecular flexibility index (Phi) is 10.0. The van der Waals surface area contributed by atoms with Gasteiger partial charge in [-0.2, -0.15) is 0 Å². The molecular formula is C26H27N3O5S. The summed E-state index contributed by atoms with van der Waals surface area (Å²) >= 11 is 5.09. The van der Waals surface area contributed by atoms with E-state index in [1.165, 1.54) is 0 Å². The van der Waals surface area contributed by atoms with E-state index in [2.05, 4.69) is 16.2 Å². The molecule has 0 aromatic heterocycles. The minimum absolute atomic E-state index is 0.0387. The number of thiocarbonyl (C=S) groups is 1. The minimum Gasteiger partial charge on any atom is -0.491 e. The molecule has 35 heavy (non-hydrogen) atoms. The lowest BCUT2D eigenvalue weighted by Crippen LogP contribution is -2.48. The van der Waals surface area contributed by atoms with Crippen LogP contribution < -0.4 is 25.6 Å². The van der Waals surface area contributed by atoms with Gasteiger partial charge < -0.3 is 14.2 Å². The Morgan fingerprint density at radius 2 is 1.34 bits per heavy atom. The second kappa shape index (κ2) is 13.7. The minimum atomic E-state index is -0.419. The van der Waals surface area contributed by atoms with E-state index in [0.717, 1.165) is 5.56 Å². The van der Waals surface area contributed by atoms with Crippen LogP contribution in [0.25, 0.3) is 0 Å². The van der Waals surface area contributed by atoms with Gasteiger partial charge in [0.05, 0.1) is 6.61 Å². The lowest BCUT2D eigenvalue weighted by Gasteiger charge is -2.12. The highest BCUT2D eigenvalue weighted by Crippen LogP contribution is 2.14. The van der Waals surface area contributed by atoms with Crippen LogP contribution in [0.5, 0.6) is 11.5 Å². The molecule has 0 bridgehead atoms. The molecule has 0 saturated carbocycles. The smallest absolute Gasteiger partial charge is 0.269 e. The van der Waals surface area contributed by atoms with Gasteiger partial charge in [-0.15, -0.1) is 0 Å². The highest BCUT2D eigenvalue weighted by molar-refractivity contribution is 7.80. The first-order valence-electron chi connectivity index (χ1n) is 11.0. The Bertz CT molecular complexity index is 1110. The normalized spacial score (nSPS) is 10.2. The molecule has 182 valence electrons. The van der Waals surface area contributed by atoms with Gasteiger partial charge in [-0.05, 0) is 73.2 Å². The molecule has 0 aliphatic carbocycles. The van der Waals surface area contributed by atoms with Crippen molar-refractivity contribution in [1.82, 2.24) is 16.2 Å². The standard InChI is InChI=1S/C26H27N3O5S/c1-2-32-16-17-33-22-12-8-20(9-13-22)24(30)27-26(35)29-28-25(31)21-10-14-23(15-11-21)34-18-19-6-4-3-5-7-19/h3-15H,2,16-18H2,1H3,(H,28,31)(H2,27,29,30,35). The maximum absolute atomic E-state index is 12.4. The Morgan fingerprint density at radius 3 is 1.97 bits per heavy atom. The van der Waals surface area contributed by atoms with Crippen molar-refractivity contribution >= 4 is 29.1 Å². The number of carbonyl (C=O) groups is 2. The van der Waals surface area contributed by atoms with E-state index in [9.17, 15) is 9.59 Å². The van der Waals surface area contributed by atoms with E-state index in [-0.39, 0.29) is 5.11 Å². The maximum atomic E-state index is 12.4. The van der Waals surface area contributed by atoms with Gasteiger partial charge in [-0.1, -0.05) is 30.3 Å². The summed E-state index contributed by atoms with van der Waals surface area (Å²) in [6.45, 7) is 3.91. The van der Waals surface area contributed by atoms with Gasteiger partial charge in [-0.25, -0.2) is 0 Å². The van der Waals surface area contributed by atoms with Gasteiger partial charge in [0.15, 0.2) is 5.11 Å². The predicted octanol–water partition coefficient (Wildman–Crippen LogP) is 3.63. The first-order valence-corrected chi connectivity index (χ1v) is 11.4. The Hall–Kier alpha value is -3.95. The van der Waals surface area contributed by atoms with Crippen molar-refractivity contribution in [2.45, 2.75) is 13.5 Å². The monoisotopic (exact) mass is 493 g/mol. The zero-order chi connectivity index (χ0) is 24.9. The van der Waals surface area contributed by atoms with Crippen LogP contribution in [0.4, 0.5) is 0 Å². The van der Waals surface area contributed by atoms with Crippen LogP contribution in [0.3, 0.4) is 0 Å². The average Bonchev–Trinajstić information content (AvgIpc) is 2.90. The molecule has 0 heterocycles. The van der Waals surface area contributed by atoms with Gasteiger partial charge >= 0.3 is 0 Å². The molecular weight excluding hydrogens is 466 g/mol. The van der Waals surface area contributed by atoms with Crippen molar-refractivity contribution in [2.24, 2.45) is 0 Å². The molecule has 0 spiro atoms. The first-order chi connectivity index (χ1) is 17.0. The van der Waals surface area contributed by atoms with Gasteiger partial charge in [0.1, 0.15) is 24.7 Å². The molecule has 0 radical (unpaired) electrons. The van der Waals surface area contributed by atoms with Crippen molar-refractivity contribution in [1.29, 1.82) is 0 Å². The SMILES string of the molecule is CCOCCOc1ccc(C(=O)NC(=S)NNC(=O)c2ccc(OCc3ccccc3)cc2)cc1. The van der Waals surface area contributed by atoms with Crippen molar-refractivity contribution in [3.8, 4) is 11.5 Å². The number of ether oxygens (including phenoxy) is 3. The molecule has 0 aliphatic heterocycles. The molecule has 0 atom stereocenters. The van der Waals surface area contributed by atoms with E-state index in [0.29, 0.717) is 49.1 Å². The third-order valence-corrected chi connectivity index (χ3v) is 4.90. The third-order valence-electron chi connectivity index (χ3n) is 4.70. The molecule has 0 saturated heterocycles. The zero-order valence-electron chi connectivity index (χ0n) is 19.3. The highest BCUT2D eigenvalue weighted by Gasteiger charge is 2.10. The van der Waals surface area contributed by atoms with Crippen molar-refractivity contribution in [2.75, 3.05) is 19.8 Å². The first kappa shape index (κ1) is 25.7. The molecule has 9 heteroatoms. The Balaban J connectivity index is 1.40. The van der Waals surface area contributed by atoms with Crippen LogP contribution in [0.15, 0.2) is 78.9 Å². The Labute approximate surface area is 209 Å². The number of hydrogen-bond acceptors (Lipinski definition) is 6. The summed E-state index contributed by atoms with van der Waals surface area (Å²) < 4.78 is 16.5. The van der Waals surface area contributed by atoms with Crippen LogP contribution in [-0.4, -0.2) is 36.7 Å². The quantitative estimate of drug-likeness (QED) is 0.225. The molecule has 3 N–H and O–H groups in total. The predicted molar refractivity (Wildman–Crippen MR) is 136 cm³/mol. The summed E-state index contributed by atoms with van der Waals surface area (Å²) in [5.41, 5.74) is 6.83. The van der Waals surface area contributed by atoms with Crippen LogP contribution >= 0.6 is 12.2 Å². The number of hydrazine groups is 1. The molecule has 0 unspecified atom stereocenters. The van der Waals surface area contributed by atoms with E-state index in [1.807, 2.05) is 37.3 Å². The van der Waals surface area contributed by atoms with Crippen molar-refractivity contribution in [3.05, 3.63) is 95.6 Å². The summed E-state index contributed by atoms with van der Waals surface area (Å²) in [6, 6.07) is 23.1. The third kappa shape index (κ3) is 8.73. The summed E-state index contributed by atoms with van der Waals surface area (Å²) in [5, 5.41) is 2.47. The topological polar surface area (TPSA) is 97.9 Å². The van der Waals surface area contributed by atoms with E-state index in [4.69, 9.17) is 26.4 Å². The maximum Gasteiger partial charge on any atom is 0.269 e. The van der Waals surface area contributed by atoms with Gasteiger partial charge in [-0.3, -0.25) is 25.8 Å². The zero-order valence-corrected chi connectivity index (χ0v) is 20.1. The second-order valence-electron chi connectivity index (χ2n) is 7.23. The van der Waals surface area contributed by atoms with Gasteiger partial charge in [0, 0.05) is 17.7 Å². The van der Waals surface area contributed by atoms with Crippen LogP contribution in [0.1, 0.15) is 33.2 Å². The second-order valence-corrected chi connectivity index (χ2v) is 7.64. The number of benzene rings is 3. The molecule has 3 rings (SSSR count). The lowest BCUT2D eigenvalue weighted by atomic mass is 10.2. The number of carbonyl (C=O) groups excluding carboxylic acids is 2. The number of amides is 2. The Morgan fingerprint density at radius 1 is 0.743 bits per heavy atom. The van der Waals surface area contributed by atoms with Crippen LogP contribution in [-0.2, 0) is 11.3 Å². The largest absolute Gasteiger partial charge is 0.491 e. The lowest BCUT2D eigenvalue weighted by molar-refractivity contribution is 0.0934. The van der Waals surface area contributed by atoms with Crippen LogP contribution in [0.2, 0.25) is 0 Å². The van der Waals surface area contributed by atoms with E-state index < -0.39 is 11.8 Å².